The quantitative estimate of drug-likeness (QED) is 0.649. The van der Waals surface area contributed by atoms with E-state index in [1.165, 1.54) is 17.0 Å². The number of nitrogens with zero attached hydrogens (tertiary/aromatic N) is 3. The van der Waals surface area contributed by atoms with Crippen molar-refractivity contribution < 1.29 is 14.0 Å². The second kappa shape index (κ2) is 11.6. The second-order valence-electron chi connectivity index (χ2n) is 8.80. The maximum absolute atomic E-state index is 13.0. The third-order valence-electron chi connectivity index (χ3n) is 6.36. The van der Waals surface area contributed by atoms with Gasteiger partial charge in [0.2, 0.25) is 5.91 Å². The summed E-state index contributed by atoms with van der Waals surface area (Å²) in [6, 6.07) is 10.0. The smallest absolute Gasteiger partial charge is 0.317 e. The molecule has 0 aliphatic carbocycles. The number of hydrogen-bond acceptors (Lipinski definition) is 5. The van der Waals surface area contributed by atoms with E-state index in [0.29, 0.717) is 37.8 Å². The van der Waals surface area contributed by atoms with Crippen LogP contribution >= 0.6 is 11.3 Å². The SMILES string of the molecule is O=C(CN1CCN(C(=O)NCC2CCN(Cc3cccs3)CC2)CC1)Nc1ccc(F)cc1. The van der Waals surface area contributed by atoms with Crippen LogP contribution in [0.15, 0.2) is 41.8 Å². The van der Waals surface area contributed by atoms with E-state index in [1.807, 2.05) is 21.1 Å². The van der Waals surface area contributed by atoms with Crippen molar-refractivity contribution >= 4 is 29.0 Å². The van der Waals surface area contributed by atoms with Gasteiger partial charge in [-0.2, -0.15) is 0 Å². The zero-order valence-corrected chi connectivity index (χ0v) is 19.7. The van der Waals surface area contributed by atoms with E-state index in [9.17, 15) is 14.0 Å². The van der Waals surface area contributed by atoms with Crippen molar-refractivity contribution in [1.82, 2.24) is 20.0 Å². The van der Waals surface area contributed by atoms with Gasteiger partial charge < -0.3 is 15.5 Å². The highest BCUT2D eigenvalue weighted by Crippen LogP contribution is 2.20. The monoisotopic (exact) mass is 473 g/mol. The van der Waals surface area contributed by atoms with Crippen molar-refractivity contribution in [2.24, 2.45) is 5.92 Å². The van der Waals surface area contributed by atoms with Crippen molar-refractivity contribution in [2.45, 2.75) is 19.4 Å². The first kappa shape index (κ1) is 23.7. The summed E-state index contributed by atoms with van der Waals surface area (Å²) in [5, 5.41) is 8.02. The van der Waals surface area contributed by atoms with Crippen molar-refractivity contribution in [3.63, 3.8) is 0 Å². The Morgan fingerprint density at radius 1 is 0.970 bits per heavy atom. The number of hydrogen-bond donors (Lipinski definition) is 2. The fraction of sp³-hybridized carbons (Fsp3) is 0.500. The Balaban J connectivity index is 1.10. The van der Waals surface area contributed by atoms with E-state index in [-0.39, 0.29) is 24.3 Å². The summed E-state index contributed by atoms with van der Waals surface area (Å²) in [6.45, 7) is 6.71. The van der Waals surface area contributed by atoms with Gasteiger partial charge in [0.05, 0.1) is 6.54 Å². The number of nitrogens with one attached hydrogen (secondary N) is 2. The molecule has 33 heavy (non-hydrogen) atoms. The molecule has 0 saturated carbocycles. The molecule has 2 saturated heterocycles. The molecule has 3 heterocycles. The van der Waals surface area contributed by atoms with Gasteiger partial charge in [0.1, 0.15) is 5.82 Å². The fourth-order valence-corrected chi connectivity index (χ4v) is 5.11. The van der Waals surface area contributed by atoms with E-state index in [2.05, 4.69) is 33.0 Å². The van der Waals surface area contributed by atoms with Gasteiger partial charge in [-0.1, -0.05) is 6.07 Å². The number of benzene rings is 1. The zero-order chi connectivity index (χ0) is 23.0. The van der Waals surface area contributed by atoms with Crippen LogP contribution in [-0.4, -0.2) is 79.0 Å². The molecule has 0 unspecified atom stereocenters. The summed E-state index contributed by atoms with van der Waals surface area (Å²) in [5.41, 5.74) is 0.580. The van der Waals surface area contributed by atoms with Crippen LogP contribution in [0.2, 0.25) is 0 Å². The maximum atomic E-state index is 13.0. The van der Waals surface area contributed by atoms with E-state index < -0.39 is 0 Å². The van der Waals surface area contributed by atoms with Gasteiger partial charge >= 0.3 is 6.03 Å². The lowest BCUT2D eigenvalue weighted by atomic mass is 9.97. The third kappa shape index (κ3) is 7.25. The highest BCUT2D eigenvalue weighted by molar-refractivity contribution is 7.09. The number of carbonyl (C=O) groups excluding carboxylic acids is 2. The van der Waals surface area contributed by atoms with Gasteiger partial charge in [-0.05, 0) is 67.6 Å². The molecule has 7 nitrogen and oxygen atoms in total. The van der Waals surface area contributed by atoms with Crippen LogP contribution in [0.1, 0.15) is 17.7 Å². The number of likely N-dealkylation sites (tertiary alicyclic amines) is 1. The topological polar surface area (TPSA) is 67.9 Å². The zero-order valence-electron chi connectivity index (χ0n) is 18.8. The summed E-state index contributed by atoms with van der Waals surface area (Å²) in [6.07, 6.45) is 2.23. The first-order chi connectivity index (χ1) is 16.0. The summed E-state index contributed by atoms with van der Waals surface area (Å²) in [7, 11) is 0. The summed E-state index contributed by atoms with van der Waals surface area (Å²) in [5.74, 6) is 0.0666. The molecule has 0 radical (unpaired) electrons. The highest BCUT2D eigenvalue weighted by Gasteiger charge is 2.24. The standard InChI is InChI=1S/C24H32FN5O2S/c25-20-3-5-21(6-4-20)27-23(31)18-29-11-13-30(14-12-29)24(32)26-16-19-7-9-28(10-8-19)17-22-2-1-15-33-22/h1-6,15,19H,7-14,16-18H2,(H,26,32)(H,27,31). The largest absolute Gasteiger partial charge is 0.338 e. The molecule has 178 valence electrons. The Labute approximate surface area is 198 Å². The first-order valence-electron chi connectivity index (χ1n) is 11.6. The molecule has 1 aromatic heterocycles. The molecule has 3 amide bonds. The Morgan fingerprint density at radius 3 is 2.36 bits per heavy atom. The lowest BCUT2D eigenvalue weighted by Gasteiger charge is -2.35. The van der Waals surface area contributed by atoms with Crippen LogP contribution in [0.5, 0.6) is 0 Å². The Bertz CT molecular complexity index is 892. The maximum Gasteiger partial charge on any atom is 0.317 e. The van der Waals surface area contributed by atoms with E-state index in [1.54, 1.807) is 12.1 Å². The van der Waals surface area contributed by atoms with Crippen LogP contribution < -0.4 is 10.6 Å². The molecule has 2 aliphatic heterocycles. The van der Waals surface area contributed by atoms with Crippen molar-refractivity contribution in [3.05, 3.63) is 52.5 Å². The van der Waals surface area contributed by atoms with E-state index >= 15 is 0 Å². The third-order valence-corrected chi connectivity index (χ3v) is 7.22. The lowest BCUT2D eigenvalue weighted by molar-refractivity contribution is -0.117. The minimum Gasteiger partial charge on any atom is -0.338 e. The molecule has 2 N–H and O–H groups in total. The van der Waals surface area contributed by atoms with Crippen LogP contribution in [0.4, 0.5) is 14.9 Å². The number of urea groups is 1. The van der Waals surface area contributed by atoms with Gasteiger partial charge in [-0.25, -0.2) is 9.18 Å². The summed E-state index contributed by atoms with van der Waals surface area (Å²) in [4.78, 5) is 32.6. The molecule has 0 bridgehead atoms. The molecule has 2 aliphatic rings. The number of rotatable bonds is 7. The van der Waals surface area contributed by atoms with E-state index in [4.69, 9.17) is 0 Å². The molecular formula is C24H32FN5O2S. The average molecular weight is 474 g/mol. The van der Waals surface area contributed by atoms with Crippen LogP contribution in [0, 0.1) is 11.7 Å². The van der Waals surface area contributed by atoms with E-state index in [0.717, 1.165) is 39.0 Å². The molecule has 0 spiro atoms. The molecule has 2 fully saturated rings. The number of amides is 3. The van der Waals surface area contributed by atoms with Gasteiger partial charge in [-0.3, -0.25) is 14.6 Å². The lowest BCUT2D eigenvalue weighted by Crippen LogP contribution is -2.53. The van der Waals surface area contributed by atoms with Crippen molar-refractivity contribution in [2.75, 3.05) is 57.7 Å². The van der Waals surface area contributed by atoms with Gasteiger partial charge in [0.15, 0.2) is 0 Å². The number of piperidine rings is 1. The number of halogens is 1. The Kier molecular flexibility index (Phi) is 8.30. The molecule has 2 aromatic rings. The molecule has 0 atom stereocenters. The van der Waals surface area contributed by atoms with Crippen LogP contribution in [0.25, 0.3) is 0 Å². The summed E-state index contributed by atoms with van der Waals surface area (Å²) >= 11 is 1.81. The Morgan fingerprint density at radius 2 is 1.70 bits per heavy atom. The van der Waals surface area contributed by atoms with Gasteiger partial charge in [0, 0.05) is 49.8 Å². The molecule has 1 aromatic carbocycles. The van der Waals surface area contributed by atoms with Crippen LogP contribution in [0.3, 0.4) is 0 Å². The second-order valence-corrected chi connectivity index (χ2v) is 9.84. The molecule has 9 heteroatoms. The van der Waals surface area contributed by atoms with Crippen molar-refractivity contribution in [3.8, 4) is 0 Å². The number of carbonyl (C=O) groups is 2. The predicted molar refractivity (Wildman–Crippen MR) is 129 cm³/mol. The summed E-state index contributed by atoms with van der Waals surface area (Å²) < 4.78 is 13.0. The number of anilines is 1. The predicted octanol–water partition coefficient (Wildman–Crippen LogP) is 3.07. The average Bonchev–Trinajstić information content (AvgIpc) is 3.33. The molecule has 4 rings (SSSR count). The number of piperazine rings is 1. The minimum absolute atomic E-state index is 0.00794. The first-order valence-corrected chi connectivity index (χ1v) is 12.5. The molecular weight excluding hydrogens is 441 g/mol. The number of thiophene rings is 1. The van der Waals surface area contributed by atoms with Gasteiger partial charge in [-0.15, -0.1) is 11.3 Å². The minimum atomic E-state index is -0.331. The Hall–Kier alpha value is -2.49. The highest BCUT2D eigenvalue weighted by atomic mass is 32.1. The van der Waals surface area contributed by atoms with Crippen molar-refractivity contribution in [1.29, 1.82) is 0 Å². The van der Waals surface area contributed by atoms with Gasteiger partial charge in [0.25, 0.3) is 0 Å². The fourth-order valence-electron chi connectivity index (χ4n) is 4.36. The van der Waals surface area contributed by atoms with Crippen LogP contribution in [-0.2, 0) is 11.3 Å². The normalized spacial score (nSPS) is 18.3.